The number of nitrogens with one attached hydrogen (secondary N) is 1. The van der Waals surface area contributed by atoms with Crippen LogP contribution in [0.2, 0.25) is 5.02 Å². The predicted molar refractivity (Wildman–Crippen MR) is 136 cm³/mol. The molecule has 0 atom stereocenters. The smallest absolute Gasteiger partial charge is 0.213 e. The van der Waals surface area contributed by atoms with Gasteiger partial charge in [0.25, 0.3) is 0 Å². The average molecular weight is 494 g/mol. The highest BCUT2D eigenvalue weighted by molar-refractivity contribution is 6.33. The van der Waals surface area contributed by atoms with Crippen molar-refractivity contribution in [3.8, 4) is 17.0 Å². The van der Waals surface area contributed by atoms with Crippen LogP contribution < -0.4 is 21.5 Å². The fraction of sp³-hybridized carbons (Fsp3) is 0.240. The first-order valence-corrected chi connectivity index (χ1v) is 11.5. The number of hydrogen-bond donors (Lipinski definition) is 3. The van der Waals surface area contributed by atoms with Gasteiger partial charge in [-0.1, -0.05) is 11.6 Å². The Labute approximate surface area is 206 Å². The fourth-order valence-corrected chi connectivity index (χ4v) is 4.40. The Balaban J connectivity index is 1.62. The summed E-state index contributed by atoms with van der Waals surface area (Å²) in [6, 6.07) is 8.24. The number of nitrogens with zero attached hydrogens (tertiary/aromatic N) is 4. The van der Waals surface area contributed by atoms with Crippen LogP contribution in [0.15, 0.2) is 53.9 Å². The maximum atomic E-state index is 13.8. The molecule has 180 valence electrons. The minimum atomic E-state index is -0.448. The largest absolute Gasteiger partial charge is 0.481 e. The van der Waals surface area contributed by atoms with E-state index < -0.39 is 5.82 Å². The molecule has 5 N–H and O–H groups in total. The standard InChI is InChI=1S/C25H25ClFN7O/c1-13-5-23(35-2)30-10-18(13)14-6-22-24(32-17-8-16(28)9-17)19(11-31-34(22)12-14)25(29)33-21-7-15(27)3-4-20(21)26/h3-7,10-12,16-17,32H,8-9,28H2,1-2H3,(H2,29,33)/t16-,17+. The highest BCUT2D eigenvalue weighted by Gasteiger charge is 2.28. The van der Waals surface area contributed by atoms with E-state index in [1.54, 1.807) is 24.0 Å². The molecule has 1 fully saturated rings. The molecule has 0 amide bonds. The first-order valence-electron chi connectivity index (χ1n) is 11.2. The Bertz CT molecular complexity index is 1450. The maximum Gasteiger partial charge on any atom is 0.213 e. The second-order valence-corrected chi connectivity index (χ2v) is 9.11. The molecule has 5 rings (SSSR count). The zero-order valence-electron chi connectivity index (χ0n) is 19.3. The lowest BCUT2D eigenvalue weighted by Gasteiger charge is -2.34. The van der Waals surface area contributed by atoms with Crippen molar-refractivity contribution in [2.24, 2.45) is 16.5 Å². The molecule has 4 aromatic rings. The van der Waals surface area contributed by atoms with Crippen molar-refractivity contribution in [3.63, 3.8) is 0 Å². The van der Waals surface area contributed by atoms with Gasteiger partial charge >= 0.3 is 0 Å². The molecule has 10 heteroatoms. The second-order valence-electron chi connectivity index (χ2n) is 8.70. The number of ether oxygens (including phenoxy) is 1. The van der Waals surface area contributed by atoms with E-state index in [9.17, 15) is 4.39 Å². The van der Waals surface area contributed by atoms with Crippen molar-refractivity contribution in [1.82, 2.24) is 14.6 Å². The summed E-state index contributed by atoms with van der Waals surface area (Å²) < 4.78 is 20.8. The summed E-state index contributed by atoms with van der Waals surface area (Å²) in [5.41, 5.74) is 17.8. The quantitative estimate of drug-likeness (QED) is 0.270. The molecule has 0 spiro atoms. The van der Waals surface area contributed by atoms with Crippen molar-refractivity contribution in [2.45, 2.75) is 31.8 Å². The van der Waals surface area contributed by atoms with E-state index in [0.717, 1.165) is 40.7 Å². The van der Waals surface area contributed by atoms with Crippen LogP contribution in [0.1, 0.15) is 24.0 Å². The summed E-state index contributed by atoms with van der Waals surface area (Å²) in [5.74, 6) is 0.277. The summed E-state index contributed by atoms with van der Waals surface area (Å²) >= 11 is 6.21. The number of methoxy groups -OCH3 is 1. The molecule has 3 aromatic heterocycles. The van der Waals surface area contributed by atoms with Gasteiger partial charge in [-0.05, 0) is 43.5 Å². The average Bonchev–Trinajstić information content (AvgIpc) is 3.24. The first kappa shape index (κ1) is 23.1. The molecular formula is C25H25ClFN7O. The molecule has 0 bridgehead atoms. The highest BCUT2D eigenvalue weighted by Crippen LogP contribution is 2.34. The number of rotatable bonds is 6. The third-order valence-corrected chi connectivity index (χ3v) is 6.51. The van der Waals surface area contributed by atoms with E-state index in [0.29, 0.717) is 16.5 Å². The van der Waals surface area contributed by atoms with Crippen molar-refractivity contribution in [2.75, 3.05) is 12.4 Å². The Hall–Kier alpha value is -3.69. The Morgan fingerprint density at radius 2 is 2.06 bits per heavy atom. The van der Waals surface area contributed by atoms with Crippen LogP contribution in [-0.4, -0.2) is 39.6 Å². The third kappa shape index (κ3) is 4.52. The lowest BCUT2D eigenvalue weighted by Crippen LogP contribution is -2.44. The number of aromatic nitrogens is 3. The zero-order chi connectivity index (χ0) is 24.7. The fourth-order valence-electron chi connectivity index (χ4n) is 4.24. The van der Waals surface area contributed by atoms with E-state index in [1.807, 2.05) is 25.3 Å². The minimum absolute atomic E-state index is 0.168. The lowest BCUT2D eigenvalue weighted by molar-refractivity contribution is 0.374. The lowest BCUT2D eigenvalue weighted by atomic mass is 9.87. The highest BCUT2D eigenvalue weighted by atomic mass is 35.5. The van der Waals surface area contributed by atoms with Crippen molar-refractivity contribution in [1.29, 1.82) is 0 Å². The van der Waals surface area contributed by atoms with E-state index in [-0.39, 0.29) is 23.6 Å². The van der Waals surface area contributed by atoms with E-state index in [1.165, 1.54) is 18.2 Å². The Morgan fingerprint density at radius 1 is 1.26 bits per heavy atom. The number of anilines is 1. The Kier molecular flexibility index (Phi) is 6.04. The monoisotopic (exact) mass is 493 g/mol. The van der Waals surface area contributed by atoms with Gasteiger partial charge in [-0.15, -0.1) is 0 Å². The molecule has 1 aliphatic rings. The van der Waals surface area contributed by atoms with Gasteiger partial charge in [0.15, 0.2) is 0 Å². The van der Waals surface area contributed by atoms with Crippen molar-refractivity contribution >= 4 is 34.3 Å². The van der Waals surface area contributed by atoms with Gasteiger partial charge in [0.05, 0.1) is 40.8 Å². The van der Waals surface area contributed by atoms with Crippen LogP contribution in [0, 0.1) is 12.7 Å². The van der Waals surface area contributed by atoms with Gasteiger partial charge in [0, 0.05) is 47.7 Å². The summed E-state index contributed by atoms with van der Waals surface area (Å²) in [6.45, 7) is 2.00. The van der Waals surface area contributed by atoms with Gasteiger partial charge in [-0.25, -0.2) is 18.9 Å². The summed E-state index contributed by atoms with van der Waals surface area (Å²) in [4.78, 5) is 8.76. The van der Waals surface area contributed by atoms with Crippen LogP contribution in [-0.2, 0) is 0 Å². The number of pyridine rings is 1. The summed E-state index contributed by atoms with van der Waals surface area (Å²) in [6.07, 6.45) is 7.04. The van der Waals surface area contributed by atoms with Gasteiger partial charge in [0.1, 0.15) is 11.7 Å². The normalized spacial score (nSPS) is 17.9. The molecule has 0 saturated heterocycles. The number of nitrogens with two attached hydrogens (primary N) is 2. The topological polar surface area (TPSA) is 116 Å². The molecule has 0 radical (unpaired) electrons. The van der Waals surface area contributed by atoms with Crippen molar-refractivity contribution in [3.05, 3.63) is 70.9 Å². The first-order chi connectivity index (χ1) is 16.8. The van der Waals surface area contributed by atoms with Gasteiger partial charge in [-0.3, -0.25) is 0 Å². The molecule has 0 aliphatic heterocycles. The van der Waals surface area contributed by atoms with Crippen LogP contribution in [0.5, 0.6) is 5.88 Å². The predicted octanol–water partition coefficient (Wildman–Crippen LogP) is 4.44. The molecule has 3 heterocycles. The minimum Gasteiger partial charge on any atom is -0.481 e. The summed E-state index contributed by atoms with van der Waals surface area (Å²) in [7, 11) is 1.59. The van der Waals surface area contributed by atoms with Gasteiger partial charge in [-0.2, -0.15) is 5.10 Å². The zero-order valence-corrected chi connectivity index (χ0v) is 20.1. The molecule has 8 nitrogen and oxygen atoms in total. The van der Waals surface area contributed by atoms with E-state index in [2.05, 4.69) is 20.4 Å². The van der Waals surface area contributed by atoms with Crippen LogP contribution in [0.4, 0.5) is 15.8 Å². The molecule has 0 unspecified atom stereocenters. The third-order valence-electron chi connectivity index (χ3n) is 6.19. The number of amidine groups is 1. The van der Waals surface area contributed by atoms with Crippen LogP contribution in [0.25, 0.3) is 16.6 Å². The number of halogens is 2. The second kappa shape index (κ2) is 9.16. The van der Waals surface area contributed by atoms with Crippen LogP contribution in [0.3, 0.4) is 0 Å². The van der Waals surface area contributed by atoms with E-state index >= 15 is 0 Å². The molecule has 35 heavy (non-hydrogen) atoms. The number of aryl methyl sites for hydroxylation is 1. The maximum absolute atomic E-state index is 13.8. The molecule has 1 aliphatic carbocycles. The number of benzene rings is 1. The Morgan fingerprint density at radius 3 is 2.77 bits per heavy atom. The number of aliphatic imine (C=N–C) groups is 1. The molecular weight excluding hydrogens is 469 g/mol. The van der Waals surface area contributed by atoms with Crippen molar-refractivity contribution < 1.29 is 9.13 Å². The van der Waals surface area contributed by atoms with E-state index in [4.69, 9.17) is 27.8 Å². The summed E-state index contributed by atoms with van der Waals surface area (Å²) in [5, 5.41) is 8.43. The SMILES string of the molecule is COc1cc(C)c(-c2cc3c(N[C@H]4C[C@@H](N)C4)c(C(N)=Nc4cc(F)ccc4Cl)cnn3c2)cn1. The molecule has 1 aromatic carbocycles. The molecule has 1 saturated carbocycles. The van der Waals surface area contributed by atoms with Crippen LogP contribution >= 0.6 is 11.6 Å². The van der Waals surface area contributed by atoms with Gasteiger partial charge < -0.3 is 21.5 Å². The number of hydrogen-bond acceptors (Lipinski definition) is 6. The number of fused-ring (bicyclic) bond motifs is 1. The van der Waals surface area contributed by atoms with Gasteiger partial charge in [0.2, 0.25) is 5.88 Å².